The fourth-order valence-electron chi connectivity index (χ4n) is 2.74. The molecule has 1 unspecified atom stereocenters. The van der Waals surface area contributed by atoms with Gasteiger partial charge < -0.3 is 9.64 Å². The van der Waals surface area contributed by atoms with Gasteiger partial charge in [0.05, 0.1) is 12.7 Å². The SMILES string of the molecule is c1ccc(CCC2CN(c3ccccc3)CCO2)cc1. The highest BCUT2D eigenvalue weighted by Gasteiger charge is 2.20. The summed E-state index contributed by atoms with van der Waals surface area (Å²) in [6, 6.07) is 21.3. The Bertz CT molecular complexity index is 511. The zero-order chi connectivity index (χ0) is 13.6. The van der Waals surface area contributed by atoms with E-state index in [2.05, 4.69) is 65.6 Å². The van der Waals surface area contributed by atoms with Crippen LogP contribution in [0.2, 0.25) is 0 Å². The molecule has 1 aliphatic heterocycles. The highest BCUT2D eigenvalue weighted by molar-refractivity contribution is 5.46. The van der Waals surface area contributed by atoms with Gasteiger partial charge in [-0.25, -0.2) is 0 Å². The van der Waals surface area contributed by atoms with Gasteiger partial charge in [0.2, 0.25) is 0 Å². The summed E-state index contributed by atoms with van der Waals surface area (Å²) in [4.78, 5) is 2.43. The summed E-state index contributed by atoms with van der Waals surface area (Å²) in [5.74, 6) is 0. The number of hydrogen-bond acceptors (Lipinski definition) is 2. The van der Waals surface area contributed by atoms with Gasteiger partial charge in [0, 0.05) is 18.8 Å². The van der Waals surface area contributed by atoms with Crippen molar-refractivity contribution in [3.8, 4) is 0 Å². The fourth-order valence-corrected chi connectivity index (χ4v) is 2.74. The molecule has 2 nitrogen and oxygen atoms in total. The molecule has 1 aliphatic rings. The Labute approximate surface area is 121 Å². The zero-order valence-corrected chi connectivity index (χ0v) is 11.7. The Morgan fingerprint density at radius 2 is 1.65 bits per heavy atom. The molecule has 104 valence electrons. The Balaban J connectivity index is 1.56. The molecule has 1 atom stereocenters. The molecule has 0 spiro atoms. The number of morpholine rings is 1. The lowest BCUT2D eigenvalue weighted by Crippen LogP contribution is -2.42. The second-order valence-electron chi connectivity index (χ2n) is 5.30. The first-order chi connectivity index (χ1) is 9.92. The van der Waals surface area contributed by atoms with Crippen LogP contribution in [0.4, 0.5) is 5.69 Å². The number of nitrogens with zero attached hydrogens (tertiary/aromatic N) is 1. The third-order valence-corrected chi connectivity index (χ3v) is 3.86. The maximum absolute atomic E-state index is 5.91. The van der Waals surface area contributed by atoms with Gasteiger partial charge in [-0.1, -0.05) is 48.5 Å². The number of hydrogen-bond donors (Lipinski definition) is 0. The van der Waals surface area contributed by atoms with Gasteiger partial charge in [0.25, 0.3) is 0 Å². The summed E-state index contributed by atoms with van der Waals surface area (Å²) in [6.07, 6.45) is 2.52. The molecule has 2 aromatic carbocycles. The summed E-state index contributed by atoms with van der Waals surface area (Å²) < 4.78 is 5.91. The van der Waals surface area contributed by atoms with Crippen molar-refractivity contribution in [1.29, 1.82) is 0 Å². The summed E-state index contributed by atoms with van der Waals surface area (Å²) in [5.41, 5.74) is 2.70. The molecule has 2 aromatic rings. The molecule has 3 rings (SSSR count). The minimum atomic E-state index is 0.337. The van der Waals surface area contributed by atoms with E-state index in [0.29, 0.717) is 6.10 Å². The van der Waals surface area contributed by atoms with Crippen molar-refractivity contribution in [2.45, 2.75) is 18.9 Å². The fraction of sp³-hybridized carbons (Fsp3) is 0.333. The Morgan fingerprint density at radius 3 is 2.40 bits per heavy atom. The second-order valence-corrected chi connectivity index (χ2v) is 5.30. The van der Waals surface area contributed by atoms with E-state index >= 15 is 0 Å². The van der Waals surface area contributed by atoms with Crippen LogP contribution >= 0.6 is 0 Å². The number of aryl methyl sites for hydroxylation is 1. The molecule has 0 N–H and O–H groups in total. The lowest BCUT2D eigenvalue weighted by molar-refractivity contribution is 0.0355. The molecule has 1 saturated heterocycles. The molecule has 0 bridgehead atoms. The van der Waals surface area contributed by atoms with Crippen molar-refractivity contribution in [3.63, 3.8) is 0 Å². The van der Waals surface area contributed by atoms with Crippen LogP contribution in [-0.4, -0.2) is 25.8 Å². The maximum Gasteiger partial charge on any atom is 0.0754 e. The second kappa shape index (κ2) is 6.58. The minimum absolute atomic E-state index is 0.337. The number of ether oxygens (including phenoxy) is 1. The molecular weight excluding hydrogens is 246 g/mol. The first-order valence-electron chi connectivity index (χ1n) is 7.37. The Hall–Kier alpha value is -1.80. The standard InChI is InChI=1S/C18H21NO/c1-3-7-16(8-4-1)11-12-18-15-19(13-14-20-18)17-9-5-2-6-10-17/h1-10,18H,11-15H2. The molecular formula is C18H21NO. The van der Waals surface area contributed by atoms with E-state index in [-0.39, 0.29) is 0 Å². The van der Waals surface area contributed by atoms with E-state index in [9.17, 15) is 0 Å². The predicted octanol–water partition coefficient (Wildman–Crippen LogP) is 3.52. The Kier molecular flexibility index (Phi) is 4.34. The predicted molar refractivity (Wildman–Crippen MR) is 83.2 cm³/mol. The lowest BCUT2D eigenvalue weighted by Gasteiger charge is -2.34. The molecule has 0 amide bonds. The van der Waals surface area contributed by atoms with Gasteiger partial charge >= 0.3 is 0 Å². The number of benzene rings is 2. The molecule has 1 fully saturated rings. The highest BCUT2D eigenvalue weighted by atomic mass is 16.5. The van der Waals surface area contributed by atoms with E-state index in [1.165, 1.54) is 11.3 Å². The molecule has 2 heteroatoms. The summed E-state index contributed by atoms with van der Waals surface area (Å²) in [7, 11) is 0. The number of anilines is 1. The maximum atomic E-state index is 5.91. The number of para-hydroxylation sites is 1. The van der Waals surface area contributed by atoms with Crippen LogP contribution in [0.1, 0.15) is 12.0 Å². The molecule has 0 radical (unpaired) electrons. The summed E-state index contributed by atoms with van der Waals surface area (Å²) in [6.45, 7) is 2.82. The van der Waals surface area contributed by atoms with Crippen LogP contribution in [0.15, 0.2) is 60.7 Å². The van der Waals surface area contributed by atoms with E-state index < -0.39 is 0 Å². The van der Waals surface area contributed by atoms with Crippen molar-refractivity contribution in [2.24, 2.45) is 0 Å². The van der Waals surface area contributed by atoms with Gasteiger partial charge in [-0.15, -0.1) is 0 Å². The van der Waals surface area contributed by atoms with Gasteiger partial charge in [0.15, 0.2) is 0 Å². The average Bonchev–Trinajstić information content (AvgIpc) is 2.55. The van der Waals surface area contributed by atoms with Crippen LogP contribution in [0.3, 0.4) is 0 Å². The lowest BCUT2D eigenvalue weighted by atomic mass is 10.1. The normalized spacial score (nSPS) is 19.0. The molecule has 0 saturated carbocycles. The van der Waals surface area contributed by atoms with Crippen LogP contribution in [0, 0.1) is 0 Å². The summed E-state index contributed by atoms with van der Waals surface area (Å²) in [5, 5.41) is 0. The quantitative estimate of drug-likeness (QED) is 0.840. The van der Waals surface area contributed by atoms with Crippen molar-refractivity contribution in [2.75, 3.05) is 24.6 Å². The molecule has 20 heavy (non-hydrogen) atoms. The first-order valence-corrected chi connectivity index (χ1v) is 7.37. The van der Waals surface area contributed by atoms with Crippen molar-refractivity contribution >= 4 is 5.69 Å². The molecule has 0 aromatic heterocycles. The van der Waals surface area contributed by atoms with Gasteiger partial charge in [-0.2, -0.15) is 0 Å². The summed E-state index contributed by atoms with van der Waals surface area (Å²) >= 11 is 0. The third kappa shape index (κ3) is 3.40. The van der Waals surface area contributed by atoms with Gasteiger partial charge in [-0.3, -0.25) is 0 Å². The van der Waals surface area contributed by atoms with Crippen LogP contribution in [0.5, 0.6) is 0 Å². The number of rotatable bonds is 4. The van der Waals surface area contributed by atoms with Crippen LogP contribution in [-0.2, 0) is 11.2 Å². The van der Waals surface area contributed by atoms with Crippen molar-refractivity contribution in [1.82, 2.24) is 0 Å². The Morgan fingerprint density at radius 1 is 0.950 bits per heavy atom. The van der Waals surface area contributed by atoms with E-state index in [1.807, 2.05) is 0 Å². The molecule has 0 aliphatic carbocycles. The monoisotopic (exact) mass is 267 g/mol. The van der Waals surface area contributed by atoms with E-state index in [1.54, 1.807) is 0 Å². The van der Waals surface area contributed by atoms with Crippen LogP contribution < -0.4 is 4.90 Å². The smallest absolute Gasteiger partial charge is 0.0754 e. The van der Waals surface area contributed by atoms with Crippen molar-refractivity contribution in [3.05, 3.63) is 66.2 Å². The highest BCUT2D eigenvalue weighted by Crippen LogP contribution is 2.19. The van der Waals surface area contributed by atoms with Crippen LogP contribution in [0.25, 0.3) is 0 Å². The zero-order valence-electron chi connectivity index (χ0n) is 11.7. The molecule has 1 heterocycles. The van der Waals surface area contributed by atoms with E-state index in [4.69, 9.17) is 4.74 Å². The van der Waals surface area contributed by atoms with Gasteiger partial charge in [-0.05, 0) is 30.5 Å². The van der Waals surface area contributed by atoms with Crippen molar-refractivity contribution < 1.29 is 4.74 Å². The first kappa shape index (κ1) is 13.2. The van der Waals surface area contributed by atoms with Gasteiger partial charge in [0.1, 0.15) is 0 Å². The minimum Gasteiger partial charge on any atom is -0.375 e. The topological polar surface area (TPSA) is 12.5 Å². The largest absolute Gasteiger partial charge is 0.375 e. The third-order valence-electron chi connectivity index (χ3n) is 3.86. The van der Waals surface area contributed by atoms with E-state index in [0.717, 1.165) is 32.5 Å². The average molecular weight is 267 g/mol.